The molecule has 1 aliphatic heterocycles. The molecule has 1 aromatic rings. The molecule has 1 amide bonds. The van der Waals surface area contributed by atoms with Crippen molar-refractivity contribution in [3.8, 4) is 0 Å². The number of carbonyl (C=O) groups excluding carboxylic acids is 1. The number of nitrogens with zero attached hydrogens (tertiary/aromatic N) is 4. The average Bonchev–Trinajstić information content (AvgIpc) is 2.74. The number of hydrogen-bond donors (Lipinski definition) is 1. The Balaban J connectivity index is 1.94. The van der Waals surface area contributed by atoms with Crippen LogP contribution in [0, 0.1) is 0 Å². The van der Waals surface area contributed by atoms with Crippen LogP contribution in [0.15, 0.2) is 29.3 Å². The molecule has 0 aromatic heterocycles. The van der Waals surface area contributed by atoms with E-state index in [1.807, 2.05) is 21.6 Å². The molecule has 0 atom stereocenters. The number of carbonyl (C=O) groups is 1. The molecule has 0 radical (unpaired) electrons. The number of rotatable bonds is 5. The lowest BCUT2D eigenvalue weighted by Crippen LogP contribution is -2.44. The SMILES string of the molecule is CN1CCN(CCNC(=O)c2ccc(N=C=S)cc2)CCN(C)CC(C)(C)SSC(C)(C)C1. The van der Waals surface area contributed by atoms with Gasteiger partial charge in [-0.05, 0) is 78.3 Å². The number of benzene rings is 1. The van der Waals surface area contributed by atoms with Crippen molar-refractivity contribution in [1.29, 1.82) is 0 Å². The zero-order valence-electron chi connectivity index (χ0n) is 20.9. The molecule has 6 nitrogen and oxygen atoms in total. The maximum absolute atomic E-state index is 12.5. The third kappa shape index (κ3) is 10.9. The van der Waals surface area contributed by atoms with Crippen molar-refractivity contribution < 1.29 is 4.79 Å². The lowest BCUT2D eigenvalue weighted by Gasteiger charge is -2.34. The summed E-state index contributed by atoms with van der Waals surface area (Å²) in [7, 11) is 8.43. The summed E-state index contributed by atoms with van der Waals surface area (Å²) in [5, 5.41) is 5.40. The van der Waals surface area contributed by atoms with Crippen molar-refractivity contribution in [2.75, 3.05) is 66.5 Å². The highest BCUT2D eigenvalue weighted by molar-refractivity contribution is 8.77. The summed E-state index contributed by atoms with van der Waals surface area (Å²) in [4.78, 5) is 23.8. The number of hydrogen-bond acceptors (Lipinski definition) is 8. The lowest BCUT2D eigenvalue weighted by molar-refractivity contribution is 0.0946. The third-order valence-electron chi connectivity index (χ3n) is 5.41. The van der Waals surface area contributed by atoms with Gasteiger partial charge in [0.05, 0.1) is 10.8 Å². The first kappa shape index (κ1) is 28.3. The highest BCUT2D eigenvalue weighted by Gasteiger charge is 2.28. The van der Waals surface area contributed by atoms with Crippen LogP contribution in [0.5, 0.6) is 0 Å². The van der Waals surface area contributed by atoms with Crippen LogP contribution in [0.4, 0.5) is 5.69 Å². The molecular formula is C24H39N5OS3. The van der Waals surface area contributed by atoms with Crippen LogP contribution >= 0.6 is 33.8 Å². The molecule has 33 heavy (non-hydrogen) atoms. The van der Waals surface area contributed by atoms with Crippen LogP contribution in [-0.4, -0.2) is 102 Å². The van der Waals surface area contributed by atoms with E-state index in [0.717, 1.165) is 45.8 Å². The molecule has 2 rings (SSSR count). The van der Waals surface area contributed by atoms with E-state index in [1.165, 1.54) is 0 Å². The van der Waals surface area contributed by atoms with Gasteiger partial charge in [0.15, 0.2) is 0 Å². The molecule has 1 fully saturated rings. The Hall–Kier alpha value is -0.930. The molecule has 0 spiro atoms. The fraction of sp³-hybridized carbons (Fsp3) is 0.667. The van der Waals surface area contributed by atoms with Gasteiger partial charge in [-0.2, -0.15) is 4.99 Å². The molecule has 1 aliphatic rings. The first-order chi connectivity index (χ1) is 15.5. The lowest BCUT2D eigenvalue weighted by atomic mass is 10.2. The summed E-state index contributed by atoms with van der Waals surface area (Å²) in [6.07, 6.45) is 0. The van der Waals surface area contributed by atoms with Crippen molar-refractivity contribution in [2.24, 2.45) is 4.99 Å². The minimum atomic E-state index is -0.0643. The Labute approximate surface area is 213 Å². The second kappa shape index (κ2) is 13.2. The molecule has 1 aromatic carbocycles. The summed E-state index contributed by atoms with van der Waals surface area (Å²) in [6, 6.07) is 7.09. The predicted octanol–water partition coefficient (Wildman–Crippen LogP) is 4.27. The number of isothiocyanates is 1. The van der Waals surface area contributed by atoms with Gasteiger partial charge >= 0.3 is 0 Å². The summed E-state index contributed by atoms with van der Waals surface area (Å²) in [6.45, 7) is 16.9. The van der Waals surface area contributed by atoms with Gasteiger partial charge in [0, 0.05) is 67.4 Å². The van der Waals surface area contributed by atoms with Gasteiger partial charge < -0.3 is 15.1 Å². The number of nitrogens with one attached hydrogen (secondary N) is 1. The smallest absolute Gasteiger partial charge is 0.251 e. The van der Waals surface area contributed by atoms with Gasteiger partial charge in [-0.25, -0.2) is 0 Å². The van der Waals surface area contributed by atoms with Crippen molar-refractivity contribution in [3.63, 3.8) is 0 Å². The Morgan fingerprint density at radius 3 is 2.00 bits per heavy atom. The summed E-state index contributed by atoms with van der Waals surface area (Å²) in [5.74, 6) is -0.0643. The highest BCUT2D eigenvalue weighted by atomic mass is 33.1. The fourth-order valence-electron chi connectivity index (χ4n) is 3.87. The van der Waals surface area contributed by atoms with E-state index in [2.05, 4.69) is 84.2 Å². The Kier molecular flexibility index (Phi) is 11.4. The minimum Gasteiger partial charge on any atom is -0.351 e. The third-order valence-corrected chi connectivity index (χ3v) is 9.70. The monoisotopic (exact) mass is 509 g/mol. The molecule has 9 heteroatoms. The Morgan fingerprint density at radius 2 is 1.52 bits per heavy atom. The quantitative estimate of drug-likeness (QED) is 0.361. The highest BCUT2D eigenvalue weighted by Crippen LogP contribution is 2.44. The first-order valence-electron chi connectivity index (χ1n) is 11.4. The largest absolute Gasteiger partial charge is 0.351 e. The molecule has 0 aliphatic carbocycles. The summed E-state index contributed by atoms with van der Waals surface area (Å²) < 4.78 is 0.374. The molecule has 1 N–H and O–H groups in total. The van der Waals surface area contributed by atoms with E-state index < -0.39 is 0 Å². The van der Waals surface area contributed by atoms with E-state index in [-0.39, 0.29) is 15.4 Å². The van der Waals surface area contributed by atoms with Gasteiger partial charge in [-0.15, -0.1) is 0 Å². The van der Waals surface area contributed by atoms with Crippen LogP contribution < -0.4 is 5.32 Å². The van der Waals surface area contributed by atoms with Gasteiger partial charge in [0.25, 0.3) is 5.91 Å². The van der Waals surface area contributed by atoms with Crippen molar-refractivity contribution >= 4 is 50.6 Å². The fourth-order valence-corrected chi connectivity index (χ4v) is 6.64. The van der Waals surface area contributed by atoms with Crippen molar-refractivity contribution in [3.05, 3.63) is 29.8 Å². The number of aliphatic imine (C=N–C) groups is 1. The molecule has 0 saturated carbocycles. The topological polar surface area (TPSA) is 51.2 Å². The van der Waals surface area contributed by atoms with Gasteiger partial charge in [-0.1, -0.05) is 21.6 Å². The first-order valence-corrected chi connectivity index (χ1v) is 14.0. The maximum atomic E-state index is 12.5. The van der Waals surface area contributed by atoms with Crippen LogP contribution in [0.1, 0.15) is 38.1 Å². The molecule has 184 valence electrons. The van der Waals surface area contributed by atoms with Crippen molar-refractivity contribution in [1.82, 2.24) is 20.0 Å². The van der Waals surface area contributed by atoms with E-state index >= 15 is 0 Å². The van der Waals surface area contributed by atoms with Crippen LogP contribution in [0.25, 0.3) is 0 Å². The Morgan fingerprint density at radius 1 is 1.00 bits per heavy atom. The van der Waals surface area contributed by atoms with E-state index in [1.54, 1.807) is 24.3 Å². The standard InChI is InChI=1S/C24H39N5OS3/c1-23(2)17-27(5)13-15-29(16-14-28(6)18-24(3,4)33-32-23)12-11-25-22(30)20-7-9-21(10-8-20)26-19-31/h7-10H,11-18H2,1-6H3,(H,25,30). The molecule has 1 heterocycles. The average molecular weight is 510 g/mol. The molecule has 1 saturated heterocycles. The van der Waals surface area contributed by atoms with Crippen LogP contribution in [0.2, 0.25) is 0 Å². The van der Waals surface area contributed by atoms with Gasteiger partial charge in [-0.3, -0.25) is 9.69 Å². The predicted molar refractivity (Wildman–Crippen MR) is 148 cm³/mol. The number of thiocarbonyl (C=S) groups is 1. The Bertz CT molecular complexity index is 781. The molecule has 0 unspecified atom stereocenters. The van der Waals surface area contributed by atoms with Gasteiger partial charge in [0.2, 0.25) is 0 Å². The minimum absolute atomic E-state index is 0.0643. The molecule has 0 bridgehead atoms. The zero-order valence-corrected chi connectivity index (χ0v) is 23.3. The van der Waals surface area contributed by atoms with Gasteiger partial charge in [0.1, 0.15) is 0 Å². The van der Waals surface area contributed by atoms with E-state index in [0.29, 0.717) is 17.8 Å². The number of amides is 1. The van der Waals surface area contributed by atoms with Crippen LogP contribution in [0.3, 0.4) is 0 Å². The molecular weight excluding hydrogens is 470 g/mol. The summed E-state index contributed by atoms with van der Waals surface area (Å²) >= 11 is 4.62. The zero-order chi connectivity index (χ0) is 24.5. The maximum Gasteiger partial charge on any atom is 0.251 e. The second-order valence-electron chi connectivity index (χ2n) is 10.0. The normalized spacial score (nSPS) is 21.2. The number of likely N-dealkylation sites (N-methyl/N-ethyl adjacent to an activating group) is 2. The second-order valence-corrected chi connectivity index (χ2v) is 13.7. The van der Waals surface area contributed by atoms with Crippen LogP contribution in [-0.2, 0) is 0 Å². The van der Waals surface area contributed by atoms with E-state index in [4.69, 9.17) is 0 Å². The summed E-state index contributed by atoms with van der Waals surface area (Å²) in [5.41, 5.74) is 1.33. The van der Waals surface area contributed by atoms with E-state index in [9.17, 15) is 4.79 Å². The van der Waals surface area contributed by atoms with Crippen molar-refractivity contribution in [2.45, 2.75) is 37.2 Å².